The number of hydrogen-bond acceptors (Lipinski definition) is 2. The van der Waals surface area contributed by atoms with Crippen molar-refractivity contribution >= 4 is 0 Å². The highest BCUT2D eigenvalue weighted by Gasteiger charge is 1.98. The van der Waals surface area contributed by atoms with Crippen LogP contribution in [0.2, 0.25) is 0 Å². The van der Waals surface area contributed by atoms with Gasteiger partial charge in [-0.25, -0.2) is 0 Å². The highest BCUT2D eigenvalue weighted by molar-refractivity contribution is 5.04. The van der Waals surface area contributed by atoms with Gasteiger partial charge >= 0.3 is 0 Å². The highest BCUT2D eigenvalue weighted by atomic mass is 14.6. The Balaban J connectivity index is 3.81. The van der Waals surface area contributed by atoms with Crippen molar-refractivity contribution in [2.75, 3.05) is 0 Å². The largest absolute Gasteiger partial charge is 0.324 e. The summed E-state index contributed by atoms with van der Waals surface area (Å²) >= 11 is 0. The fourth-order valence-corrected chi connectivity index (χ4v) is 1.03. The van der Waals surface area contributed by atoms with Crippen molar-refractivity contribution in [3.63, 3.8) is 0 Å². The average molecular weight is 180 g/mol. The smallest absolute Gasteiger partial charge is 0.0261 e. The van der Waals surface area contributed by atoms with Crippen molar-refractivity contribution in [1.29, 1.82) is 0 Å². The average Bonchev–Trinajstić information content (AvgIpc) is 2.00. The van der Waals surface area contributed by atoms with Crippen molar-refractivity contribution < 1.29 is 0 Å². The number of nitrogens with two attached hydrogens (primary N) is 2. The van der Waals surface area contributed by atoms with Crippen LogP contribution < -0.4 is 11.5 Å². The van der Waals surface area contributed by atoms with Crippen LogP contribution in [-0.2, 0) is 0 Å². The molecule has 2 nitrogen and oxygen atoms in total. The molecule has 0 bridgehead atoms. The standard InChI is InChI=1S/C11H20N2/c1-4-5-10(12)6-7-11(13)8-9(2)3/h4,6-7,10-11H,1-2,5,8,12-13H2,3H3/b7-6+. The Morgan fingerprint density at radius 1 is 1.31 bits per heavy atom. The first-order chi connectivity index (χ1) is 6.06. The monoisotopic (exact) mass is 180 g/mol. The molecule has 0 saturated heterocycles. The van der Waals surface area contributed by atoms with Crippen LogP contribution in [0.1, 0.15) is 19.8 Å². The molecule has 2 atom stereocenters. The quantitative estimate of drug-likeness (QED) is 0.612. The van der Waals surface area contributed by atoms with Crippen molar-refractivity contribution in [1.82, 2.24) is 0 Å². The van der Waals surface area contributed by atoms with E-state index in [0.717, 1.165) is 18.4 Å². The van der Waals surface area contributed by atoms with E-state index < -0.39 is 0 Å². The molecule has 0 aliphatic carbocycles. The summed E-state index contributed by atoms with van der Waals surface area (Å²) in [5.41, 5.74) is 12.6. The minimum absolute atomic E-state index is 0.0355. The molecule has 0 radical (unpaired) electrons. The fourth-order valence-electron chi connectivity index (χ4n) is 1.03. The van der Waals surface area contributed by atoms with Crippen LogP contribution in [0.15, 0.2) is 37.0 Å². The van der Waals surface area contributed by atoms with E-state index in [1.807, 2.05) is 19.1 Å². The number of rotatable bonds is 6. The molecule has 2 unspecified atom stereocenters. The first-order valence-electron chi connectivity index (χ1n) is 4.51. The molecule has 0 amide bonds. The van der Waals surface area contributed by atoms with Gasteiger partial charge in [0.2, 0.25) is 0 Å². The third-order valence-electron chi connectivity index (χ3n) is 1.63. The summed E-state index contributed by atoms with van der Waals surface area (Å²) in [6, 6.07) is 0.0713. The van der Waals surface area contributed by atoms with E-state index in [1.165, 1.54) is 0 Å². The third kappa shape index (κ3) is 7.50. The maximum Gasteiger partial charge on any atom is 0.0261 e. The maximum absolute atomic E-state index is 5.79. The van der Waals surface area contributed by atoms with Gasteiger partial charge in [-0.15, -0.1) is 13.2 Å². The molecule has 0 heterocycles. The molecule has 0 aliphatic rings. The van der Waals surface area contributed by atoms with Crippen LogP contribution in [0.3, 0.4) is 0 Å². The number of hydrogen-bond donors (Lipinski definition) is 2. The molecule has 0 aromatic carbocycles. The molecule has 0 saturated carbocycles. The normalized spacial score (nSPS) is 15.6. The van der Waals surface area contributed by atoms with Gasteiger partial charge in [-0.1, -0.05) is 23.8 Å². The zero-order valence-corrected chi connectivity index (χ0v) is 8.37. The predicted octanol–water partition coefficient (Wildman–Crippen LogP) is 1.74. The molecule has 0 aromatic heterocycles. The summed E-state index contributed by atoms with van der Waals surface area (Å²) in [4.78, 5) is 0. The summed E-state index contributed by atoms with van der Waals surface area (Å²) < 4.78 is 0. The zero-order chi connectivity index (χ0) is 10.3. The van der Waals surface area contributed by atoms with E-state index >= 15 is 0 Å². The van der Waals surface area contributed by atoms with Crippen LogP contribution in [0.25, 0.3) is 0 Å². The highest BCUT2D eigenvalue weighted by Crippen LogP contribution is 2.01. The van der Waals surface area contributed by atoms with Crippen LogP contribution in [0.4, 0.5) is 0 Å². The van der Waals surface area contributed by atoms with Crippen molar-refractivity contribution in [2.24, 2.45) is 11.5 Å². The van der Waals surface area contributed by atoms with E-state index in [-0.39, 0.29) is 12.1 Å². The van der Waals surface area contributed by atoms with Crippen molar-refractivity contribution in [2.45, 2.75) is 31.8 Å². The van der Waals surface area contributed by atoms with Gasteiger partial charge in [-0.05, 0) is 19.8 Å². The lowest BCUT2D eigenvalue weighted by Crippen LogP contribution is -2.20. The molecule has 74 valence electrons. The molecule has 0 spiro atoms. The van der Waals surface area contributed by atoms with Gasteiger partial charge in [0.1, 0.15) is 0 Å². The van der Waals surface area contributed by atoms with Gasteiger partial charge in [-0.3, -0.25) is 0 Å². The molecule has 0 rings (SSSR count). The summed E-state index contributed by atoms with van der Waals surface area (Å²) in [5.74, 6) is 0. The predicted molar refractivity (Wildman–Crippen MR) is 59.3 cm³/mol. The second-order valence-corrected chi connectivity index (χ2v) is 3.40. The first kappa shape index (κ1) is 12.1. The molecule has 4 N–H and O–H groups in total. The minimum atomic E-state index is 0.0355. The van der Waals surface area contributed by atoms with Gasteiger partial charge in [0.25, 0.3) is 0 Å². The maximum atomic E-state index is 5.79. The second-order valence-electron chi connectivity index (χ2n) is 3.40. The molecule has 0 aliphatic heterocycles. The van der Waals surface area contributed by atoms with Gasteiger partial charge in [0.15, 0.2) is 0 Å². The summed E-state index contributed by atoms with van der Waals surface area (Å²) in [6.45, 7) is 9.38. The Morgan fingerprint density at radius 3 is 2.31 bits per heavy atom. The van der Waals surface area contributed by atoms with Gasteiger partial charge in [0, 0.05) is 12.1 Å². The van der Waals surface area contributed by atoms with Gasteiger partial charge in [0.05, 0.1) is 0 Å². The zero-order valence-electron chi connectivity index (χ0n) is 8.37. The van der Waals surface area contributed by atoms with Crippen LogP contribution >= 0.6 is 0 Å². The Kier molecular flexibility index (Phi) is 6.20. The Labute approximate surface area is 81.0 Å². The lowest BCUT2D eigenvalue weighted by Gasteiger charge is -2.07. The van der Waals surface area contributed by atoms with Gasteiger partial charge in [-0.2, -0.15) is 0 Å². The summed E-state index contributed by atoms with van der Waals surface area (Å²) in [6.07, 6.45) is 7.27. The SMILES string of the molecule is C=CCC(N)/C=C/C(N)CC(=C)C. The Morgan fingerprint density at radius 2 is 1.85 bits per heavy atom. The minimum Gasteiger partial charge on any atom is -0.324 e. The van der Waals surface area contributed by atoms with E-state index in [0.29, 0.717) is 0 Å². The van der Waals surface area contributed by atoms with Crippen LogP contribution in [-0.4, -0.2) is 12.1 Å². The van der Waals surface area contributed by atoms with E-state index in [1.54, 1.807) is 6.08 Å². The summed E-state index contributed by atoms with van der Waals surface area (Å²) in [5, 5.41) is 0. The second kappa shape index (κ2) is 6.63. The van der Waals surface area contributed by atoms with Gasteiger partial charge < -0.3 is 11.5 Å². The molecule has 0 aromatic rings. The summed E-state index contributed by atoms with van der Waals surface area (Å²) in [7, 11) is 0. The molecule has 0 fully saturated rings. The lowest BCUT2D eigenvalue weighted by molar-refractivity contribution is 0.777. The third-order valence-corrected chi connectivity index (χ3v) is 1.63. The van der Waals surface area contributed by atoms with Crippen molar-refractivity contribution in [3.8, 4) is 0 Å². The van der Waals surface area contributed by atoms with Crippen LogP contribution in [0, 0.1) is 0 Å². The fraction of sp³-hybridized carbons (Fsp3) is 0.455. The molecule has 13 heavy (non-hydrogen) atoms. The topological polar surface area (TPSA) is 52.0 Å². The van der Waals surface area contributed by atoms with E-state index in [2.05, 4.69) is 13.2 Å². The van der Waals surface area contributed by atoms with Crippen molar-refractivity contribution in [3.05, 3.63) is 37.0 Å². The van der Waals surface area contributed by atoms with E-state index in [4.69, 9.17) is 11.5 Å². The molecule has 2 heteroatoms. The lowest BCUT2D eigenvalue weighted by atomic mass is 10.1. The molecular formula is C11H20N2. The van der Waals surface area contributed by atoms with Crippen LogP contribution in [0.5, 0.6) is 0 Å². The Bertz CT molecular complexity index is 194. The molecular weight excluding hydrogens is 160 g/mol. The van der Waals surface area contributed by atoms with E-state index in [9.17, 15) is 0 Å². The Hall–Kier alpha value is -0.860. The first-order valence-corrected chi connectivity index (χ1v) is 4.51.